The van der Waals surface area contributed by atoms with Gasteiger partial charge in [0.25, 0.3) is 0 Å². The van der Waals surface area contributed by atoms with E-state index in [4.69, 9.17) is 0 Å². The van der Waals surface area contributed by atoms with E-state index in [9.17, 15) is 5.11 Å². The molecule has 0 bridgehead atoms. The molecule has 1 heteroatoms. The topological polar surface area (TPSA) is 20.2 Å². The van der Waals surface area contributed by atoms with Crippen molar-refractivity contribution in [3.05, 3.63) is 54.1 Å². The second-order valence-electron chi connectivity index (χ2n) is 6.51. The van der Waals surface area contributed by atoms with Gasteiger partial charge < -0.3 is 5.11 Å². The summed E-state index contributed by atoms with van der Waals surface area (Å²) >= 11 is 0. The molecule has 0 unspecified atom stereocenters. The third-order valence-corrected chi connectivity index (χ3v) is 4.74. The summed E-state index contributed by atoms with van der Waals surface area (Å²) < 4.78 is 0. The molecule has 1 nitrogen and oxygen atoms in total. The van der Waals surface area contributed by atoms with Crippen molar-refractivity contribution in [3.63, 3.8) is 0 Å². The van der Waals surface area contributed by atoms with E-state index in [1.165, 1.54) is 42.9 Å². The molecule has 0 amide bonds. The Labute approximate surface area is 139 Å². The number of rotatable bonds is 7. The predicted molar refractivity (Wildman–Crippen MR) is 100 cm³/mol. The lowest BCUT2D eigenvalue weighted by atomic mass is 9.98. The highest BCUT2D eigenvalue weighted by Crippen LogP contribution is 2.33. The zero-order chi connectivity index (χ0) is 16.1. The van der Waals surface area contributed by atoms with Crippen LogP contribution in [0.2, 0.25) is 0 Å². The zero-order valence-electron chi connectivity index (χ0n) is 14.0. The van der Waals surface area contributed by atoms with Gasteiger partial charge in [0.2, 0.25) is 0 Å². The average molecular weight is 306 g/mol. The Morgan fingerprint density at radius 3 is 2.22 bits per heavy atom. The van der Waals surface area contributed by atoms with E-state index in [1.54, 1.807) is 0 Å². The standard InChI is InChI=1S/C22H26O/c1-2-3-4-5-6-7-10-17-13-14-20-15-18-11-8-9-12-19(18)16-21(20)22(17)23/h8-9,11-16,23H,2-7,10H2,1H3. The van der Waals surface area contributed by atoms with Crippen LogP contribution in [0, 0.1) is 0 Å². The molecule has 0 aliphatic rings. The van der Waals surface area contributed by atoms with Gasteiger partial charge in [0.15, 0.2) is 0 Å². The Morgan fingerprint density at radius 2 is 1.43 bits per heavy atom. The molecule has 0 aliphatic heterocycles. The monoisotopic (exact) mass is 306 g/mol. The van der Waals surface area contributed by atoms with Crippen molar-refractivity contribution in [2.24, 2.45) is 0 Å². The van der Waals surface area contributed by atoms with Gasteiger partial charge in [-0.3, -0.25) is 0 Å². The Morgan fingerprint density at radius 1 is 0.739 bits per heavy atom. The average Bonchev–Trinajstić information content (AvgIpc) is 2.58. The molecule has 0 fully saturated rings. The van der Waals surface area contributed by atoms with Crippen molar-refractivity contribution in [2.75, 3.05) is 0 Å². The van der Waals surface area contributed by atoms with Crippen molar-refractivity contribution in [3.8, 4) is 5.75 Å². The summed E-state index contributed by atoms with van der Waals surface area (Å²) in [5, 5.41) is 15.2. The molecular weight excluding hydrogens is 280 g/mol. The van der Waals surface area contributed by atoms with Gasteiger partial charge in [-0.1, -0.05) is 75.4 Å². The first-order valence-electron chi connectivity index (χ1n) is 8.93. The van der Waals surface area contributed by atoms with Crippen molar-refractivity contribution in [1.82, 2.24) is 0 Å². The molecular formula is C22H26O. The maximum Gasteiger partial charge on any atom is 0.126 e. The van der Waals surface area contributed by atoms with Crippen LogP contribution in [0.15, 0.2) is 48.5 Å². The fourth-order valence-corrected chi connectivity index (χ4v) is 3.34. The first-order chi connectivity index (χ1) is 11.3. The predicted octanol–water partition coefficient (Wildman–Crippen LogP) is 6.60. The smallest absolute Gasteiger partial charge is 0.126 e. The summed E-state index contributed by atoms with van der Waals surface area (Å²) in [6.07, 6.45) is 8.68. The number of phenolic OH excluding ortho intramolecular Hbond substituents is 1. The molecule has 0 heterocycles. The number of aromatic hydroxyl groups is 1. The van der Waals surface area contributed by atoms with Crippen LogP contribution in [0.1, 0.15) is 51.0 Å². The van der Waals surface area contributed by atoms with E-state index >= 15 is 0 Å². The minimum absolute atomic E-state index is 0.474. The number of aryl methyl sites for hydroxylation is 1. The summed E-state index contributed by atoms with van der Waals surface area (Å²) in [6.45, 7) is 2.25. The van der Waals surface area contributed by atoms with E-state index in [0.717, 1.165) is 29.2 Å². The maximum atomic E-state index is 10.6. The summed E-state index contributed by atoms with van der Waals surface area (Å²) in [5.74, 6) is 0.474. The molecule has 0 saturated carbocycles. The molecule has 0 atom stereocenters. The highest BCUT2D eigenvalue weighted by molar-refractivity contribution is 6.01. The van der Waals surface area contributed by atoms with Crippen LogP contribution in [0.25, 0.3) is 21.5 Å². The van der Waals surface area contributed by atoms with Crippen molar-refractivity contribution < 1.29 is 5.11 Å². The summed E-state index contributed by atoms with van der Waals surface area (Å²) in [4.78, 5) is 0. The van der Waals surface area contributed by atoms with Gasteiger partial charge in [0.1, 0.15) is 5.75 Å². The normalized spacial score (nSPS) is 11.3. The van der Waals surface area contributed by atoms with Gasteiger partial charge in [0, 0.05) is 5.39 Å². The third kappa shape index (κ3) is 3.67. The lowest BCUT2D eigenvalue weighted by Gasteiger charge is -2.09. The van der Waals surface area contributed by atoms with Gasteiger partial charge in [-0.2, -0.15) is 0 Å². The highest BCUT2D eigenvalue weighted by atomic mass is 16.3. The minimum atomic E-state index is 0.474. The SMILES string of the molecule is CCCCCCCCc1ccc2cc3ccccc3cc2c1O. The van der Waals surface area contributed by atoms with Crippen LogP contribution in [0.5, 0.6) is 5.75 Å². The largest absolute Gasteiger partial charge is 0.507 e. The Hall–Kier alpha value is -2.02. The van der Waals surface area contributed by atoms with E-state index in [0.29, 0.717) is 5.75 Å². The number of unbranched alkanes of at least 4 members (excludes halogenated alkanes) is 5. The van der Waals surface area contributed by atoms with Crippen molar-refractivity contribution in [2.45, 2.75) is 51.9 Å². The summed E-state index contributed by atoms with van der Waals surface area (Å²) in [6, 6.07) is 16.9. The van der Waals surface area contributed by atoms with Crippen LogP contribution >= 0.6 is 0 Å². The van der Waals surface area contributed by atoms with E-state index in [1.807, 2.05) is 6.07 Å². The zero-order valence-corrected chi connectivity index (χ0v) is 14.0. The van der Waals surface area contributed by atoms with Gasteiger partial charge in [-0.25, -0.2) is 0 Å². The Kier molecular flexibility index (Phi) is 5.17. The first kappa shape index (κ1) is 15.9. The molecule has 0 aromatic heterocycles. The van der Waals surface area contributed by atoms with Crippen LogP contribution in [-0.4, -0.2) is 5.11 Å². The molecule has 0 radical (unpaired) electrons. The Balaban J connectivity index is 1.77. The molecule has 3 aromatic rings. The molecule has 3 aromatic carbocycles. The van der Waals surface area contributed by atoms with Crippen LogP contribution in [-0.2, 0) is 6.42 Å². The van der Waals surface area contributed by atoms with Gasteiger partial charge in [-0.05, 0) is 46.7 Å². The summed E-state index contributed by atoms with van der Waals surface area (Å²) in [5.41, 5.74) is 1.09. The first-order valence-corrected chi connectivity index (χ1v) is 8.93. The number of phenols is 1. The Bertz CT molecular complexity index is 788. The molecule has 0 saturated heterocycles. The number of benzene rings is 3. The molecule has 3 rings (SSSR count). The fraction of sp³-hybridized carbons (Fsp3) is 0.364. The lowest BCUT2D eigenvalue weighted by Crippen LogP contribution is -1.89. The fourth-order valence-electron chi connectivity index (χ4n) is 3.34. The van der Waals surface area contributed by atoms with Crippen LogP contribution < -0.4 is 0 Å². The molecule has 120 valence electrons. The van der Waals surface area contributed by atoms with E-state index < -0.39 is 0 Å². The van der Waals surface area contributed by atoms with Crippen molar-refractivity contribution in [1.29, 1.82) is 0 Å². The van der Waals surface area contributed by atoms with E-state index in [-0.39, 0.29) is 0 Å². The highest BCUT2D eigenvalue weighted by Gasteiger charge is 2.07. The van der Waals surface area contributed by atoms with Gasteiger partial charge in [-0.15, -0.1) is 0 Å². The second-order valence-corrected chi connectivity index (χ2v) is 6.51. The number of hydrogen-bond donors (Lipinski definition) is 1. The quantitative estimate of drug-likeness (QED) is 0.385. The van der Waals surface area contributed by atoms with Crippen molar-refractivity contribution >= 4 is 21.5 Å². The minimum Gasteiger partial charge on any atom is -0.507 e. The van der Waals surface area contributed by atoms with Gasteiger partial charge in [0.05, 0.1) is 0 Å². The molecule has 23 heavy (non-hydrogen) atoms. The maximum absolute atomic E-state index is 10.6. The summed E-state index contributed by atoms with van der Waals surface area (Å²) in [7, 11) is 0. The van der Waals surface area contributed by atoms with Crippen LogP contribution in [0.4, 0.5) is 0 Å². The lowest BCUT2D eigenvalue weighted by molar-refractivity contribution is 0.472. The molecule has 1 N–H and O–H groups in total. The number of fused-ring (bicyclic) bond motifs is 2. The third-order valence-electron chi connectivity index (χ3n) is 4.74. The molecule has 0 aliphatic carbocycles. The van der Waals surface area contributed by atoms with E-state index in [2.05, 4.69) is 49.4 Å². The second kappa shape index (κ2) is 7.50. The number of hydrogen-bond acceptors (Lipinski definition) is 1. The van der Waals surface area contributed by atoms with Crippen LogP contribution in [0.3, 0.4) is 0 Å². The van der Waals surface area contributed by atoms with Gasteiger partial charge >= 0.3 is 0 Å². The molecule has 0 spiro atoms.